The summed E-state index contributed by atoms with van der Waals surface area (Å²) in [6.07, 6.45) is 4.42. The van der Waals surface area contributed by atoms with Crippen LogP contribution in [0.1, 0.15) is 24.4 Å². The molecular weight excluding hydrogens is 182 g/mol. The number of imide groups is 1. The lowest BCUT2D eigenvalue weighted by Crippen LogP contribution is -2.41. The average molecular weight is 193 g/mol. The minimum absolute atomic E-state index is 0.199. The van der Waals surface area contributed by atoms with Crippen molar-refractivity contribution in [1.29, 1.82) is 0 Å². The molecule has 5 heteroatoms. The number of aryl methyl sites for hydroxylation is 1. The molecule has 1 N–H and O–H groups in total. The molecule has 74 valence electrons. The predicted octanol–water partition coefficient (Wildman–Crippen LogP) is 0.169. The lowest BCUT2D eigenvalue weighted by molar-refractivity contribution is -0.135. The van der Waals surface area contributed by atoms with Crippen molar-refractivity contribution >= 4 is 11.8 Å². The van der Waals surface area contributed by atoms with Gasteiger partial charge in [0.2, 0.25) is 5.91 Å². The molecule has 1 aromatic rings. The number of aromatic nitrogens is 2. The minimum Gasteiger partial charge on any atom is -0.295 e. The van der Waals surface area contributed by atoms with Crippen LogP contribution in [0, 0.1) is 6.92 Å². The highest BCUT2D eigenvalue weighted by Gasteiger charge is 2.28. The zero-order valence-corrected chi connectivity index (χ0v) is 7.86. The van der Waals surface area contributed by atoms with E-state index in [0.717, 1.165) is 5.56 Å². The number of rotatable bonds is 1. The Morgan fingerprint density at radius 3 is 2.93 bits per heavy atom. The fraction of sp³-hybridized carbons (Fsp3) is 0.444. The molecular formula is C9H11N3O2. The molecule has 0 spiro atoms. The van der Waals surface area contributed by atoms with E-state index in [1.165, 1.54) is 0 Å². The van der Waals surface area contributed by atoms with Crippen LogP contribution in [-0.4, -0.2) is 21.6 Å². The molecule has 2 amide bonds. The van der Waals surface area contributed by atoms with Crippen LogP contribution >= 0.6 is 0 Å². The van der Waals surface area contributed by atoms with Crippen molar-refractivity contribution in [3.8, 4) is 0 Å². The molecule has 5 nitrogen and oxygen atoms in total. The first-order chi connectivity index (χ1) is 6.66. The Morgan fingerprint density at radius 1 is 1.57 bits per heavy atom. The number of hydrogen-bond donors (Lipinski definition) is 1. The zero-order valence-electron chi connectivity index (χ0n) is 7.86. The molecule has 2 heterocycles. The van der Waals surface area contributed by atoms with Crippen molar-refractivity contribution in [2.24, 2.45) is 0 Å². The highest BCUT2D eigenvalue weighted by molar-refractivity contribution is 5.99. The van der Waals surface area contributed by atoms with Gasteiger partial charge in [0.15, 0.2) is 0 Å². The number of hydrogen-bond acceptors (Lipinski definition) is 3. The summed E-state index contributed by atoms with van der Waals surface area (Å²) in [4.78, 5) is 22.3. The van der Waals surface area contributed by atoms with Gasteiger partial charge in [-0.1, -0.05) is 0 Å². The number of carbonyl (C=O) groups excluding carboxylic acids is 2. The van der Waals surface area contributed by atoms with Gasteiger partial charge in [0.25, 0.3) is 5.91 Å². The van der Waals surface area contributed by atoms with Gasteiger partial charge in [-0.15, -0.1) is 0 Å². The second kappa shape index (κ2) is 3.25. The summed E-state index contributed by atoms with van der Waals surface area (Å²) in [5.74, 6) is -0.459. The summed E-state index contributed by atoms with van der Waals surface area (Å²) in [5, 5.41) is 6.36. The summed E-state index contributed by atoms with van der Waals surface area (Å²) < 4.78 is 1.61. The number of piperidine rings is 1. The highest BCUT2D eigenvalue weighted by atomic mass is 16.2. The van der Waals surface area contributed by atoms with Gasteiger partial charge in [0.05, 0.1) is 6.20 Å². The van der Waals surface area contributed by atoms with Gasteiger partial charge in [-0.25, -0.2) is 0 Å². The highest BCUT2D eigenvalue weighted by Crippen LogP contribution is 2.17. The maximum Gasteiger partial charge on any atom is 0.251 e. The van der Waals surface area contributed by atoms with E-state index in [1.807, 2.05) is 6.92 Å². The molecule has 1 fully saturated rings. The van der Waals surface area contributed by atoms with Crippen molar-refractivity contribution < 1.29 is 9.59 Å². The Balaban J connectivity index is 2.19. The van der Waals surface area contributed by atoms with E-state index >= 15 is 0 Å². The third-order valence-corrected chi connectivity index (χ3v) is 2.26. The summed E-state index contributed by atoms with van der Waals surface area (Å²) in [5.41, 5.74) is 1.01. The first-order valence-corrected chi connectivity index (χ1v) is 4.51. The summed E-state index contributed by atoms with van der Waals surface area (Å²) in [7, 11) is 0. The molecule has 0 radical (unpaired) electrons. The summed E-state index contributed by atoms with van der Waals surface area (Å²) >= 11 is 0. The van der Waals surface area contributed by atoms with Gasteiger partial charge in [0.1, 0.15) is 6.04 Å². The topological polar surface area (TPSA) is 64.0 Å². The molecule has 0 saturated carbocycles. The van der Waals surface area contributed by atoms with E-state index in [2.05, 4.69) is 10.4 Å². The van der Waals surface area contributed by atoms with Crippen LogP contribution in [0.15, 0.2) is 12.4 Å². The SMILES string of the molecule is Cc1cnn(C2CCC(=O)NC2=O)c1. The molecule has 1 aliphatic rings. The van der Waals surface area contributed by atoms with Crippen molar-refractivity contribution in [2.75, 3.05) is 0 Å². The number of amides is 2. The Labute approximate surface area is 81.1 Å². The molecule has 14 heavy (non-hydrogen) atoms. The Kier molecular flexibility index (Phi) is 2.07. The molecule has 2 rings (SSSR count). The lowest BCUT2D eigenvalue weighted by Gasteiger charge is -2.20. The normalized spacial score (nSPS) is 22.2. The van der Waals surface area contributed by atoms with Crippen LogP contribution in [0.3, 0.4) is 0 Å². The number of nitrogens with zero attached hydrogens (tertiary/aromatic N) is 2. The van der Waals surface area contributed by atoms with Gasteiger partial charge in [-0.3, -0.25) is 19.6 Å². The monoisotopic (exact) mass is 193 g/mol. The Hall–Kier alpha value is -1.65. The molecule has 1 aromatic heterocycles. The number of nitrogens with one attached hydrogen (secondary N) is 1. The third-order valence-electron chi connectivity index (χ3n) is 2.26. The van der Waals surface area contributed by atoms with E-state index < -0.39 is 0 Å². The summed E-state index contributed by atoms with van der Waals surface area (Å²) in [6, 6.07) is -0.332. The molecule has 1 saturated heterocycles. The fourth-order valence-corrected chi connectivity index (χ4v) is 1.54. The van der Waals surface area contributed by atoms with Gasteiger partial charge in [-0.2, -0.15) is 5.10 Å². The maximum absolute atomic E-state index is 11.4. The van der Waals surface area contributed by atoms with E-state index in [-0.39, 0.29) is 17.9 Å². The quantitative estimate of drug-likeness (QED) is 0.646. The molecule has 0 aromatic carbocycles. The zero-order chi connectivity index (χ0) is 10.1. The first-order valence-electron chi connectivity index (χ1n) is 4.51. The Morgan fingerprint density at radius 2 is 2.36 bits per heavy atom. The van der Waals surface area contributed by atoms with Crippen molar-refractivity contribution in [3.05, 3.63) is 18.0 Å². The molecule has 0 bridgehead atoms. The van der Waals surface area contributed by atoms with Crippen molar-refractivity contribution in [1.82, 2.24) is 15.1 Å². The van der Waals surface area contributed by atoms with Crippen LogP contribution in [0.25, 0.3) is 0 Å². The minimum atomic E-state index is -0.332. The van der Waals surface area contributed by atoms with Crippen LogP contribution in [0.4, 0.5) is 0 Å². The summed E-state index contributed by atoms with van der Waals surface area (Å²) in [6.45, 7) is 1.91. The fourth-order valence-electron chi connectivity index (χ4n) is 1.54. The second-order valence-electron chi connectivity index (χ2n) is 3.46. The van der Waals surface area contributed by atoms with Crippen molar-refractivity contribution in [2.45, 2.75) is 25.8 Å². The molecule has 1 atom stereocenters. The lowest BCUT2D eigenvalue weighted by atomic mass is 10.1. The van der Waals surface area contributed by atoms with Crippen LogP contribution < -0.4 is 5.32 Å². The van der Waals surface area contributed by atoms with E-state index in [1.54, 1.807) is 17.1 Å². The molecule has 1 unspecified atom stereocenters. The molecule has 0 aliphatic carbocycles. The van der Waals surface area contributed by atoms with E-state index in [9.17, 15) is 9.59 Å². The predicted molar refractivity (Wildman–Crippen MR) is 48.4 cm³/mol. The van der Waals surface area contributed by atoms with Gasteiger partial charge < -0.3 is 0 Å². The third kappa shape index (κ3) is 1.53. The Bertz CT molecular complexity index is 383. The van der Waals surface area contributed by atoms with E-state index in [4.69, 9.17) is 0 Å². The van der Waals surface area contributed by atoms with Crippen LogP contribution in [0.5, 0.6) is 0 Å². The van der Waals surface area contributed by atoms with Crippen molar-refractivity contribution in [3.63, 3.8) is 0 Å². The van der Waals surface area contributed by atoms with E-state index in [0.29, 0.717) is 12.8 Å². The first kappa shape index (κ1) is 8.93. The smallest absolute Gasteiger partial charge is 0.251 e. The maximum atomic E-state index is 11.4. The molecule has 1 aliphatic heterocycles. The largest absolute Gasteiger partial charge is 0.295 e. The average Bonchev–Trinajstić information content (AvgIpc) is 2.51. The van der Waals surface area contributed by atoms with Gasteiger partial charge in [0, 0.05) is 12.6 Å². The second-order valence-corrected chi connectivity index (χ2v) is 3.46. The van der Waals surface area contributed by atoms with Gasteiger partial charge in [-0.05, 0) is 18.9 Å². The van der Waals surface area contributed by atoms with Crippen LogP contribution in [0.2, 0.25) is 0 Å². The van der Waals surface area contributed by atoms with Gasteiger partial charge >= 0.3 is 0 Å². The van der Waals surface area contributed by atoms with Crippen LogP contribution in [-0.2, 0) is 9.59 Å². The standard InChI is InChI=1S/C9H11N3O2/c1-6-4-10-12(5-6)7-2-3-8(13)11-9(7)14/h4-5,7H,2-3H2,1H3,(H,11,13,14). The number of carbonyl (C=O) groups is 2.